The van der Waals surface area contributed by atoms with Gasteiger partial charge in [-0.3, -0.25) is 14.9 Å². The molecule has 18 heavy (non-hydrogen) atoms. The van der Waals surface area contributed by atoms with E-state index in [1.165, 1.54) is 12.0 Å². The Bertz CT molecular complexity index is 306. The van der Waals surface area contributed by atoms with Crippen molar-refractivity contribution in [3.8, 4) is 0 Å². The minimum absolute atomic E-state index is 0.0184. The van der Waals surface area contributed by atoms with Crippen LogP contribution < -0.4 is 5.32 Å². The molecule has 0 bridgehead atoms. The van der Waals surface area contributed by atoms with E-state index >= 15 is 0 Å². The van der Waals surface area contributed by atoms with E-state index in [4.69, 9.17) is 9.84 Å². The quantitative estimate of drug-likeness (QED) is 0.692. The van der Waals surface area contributed by atoms with Crippen LogP contribution in [0.15, 0.2) is 0 Å². The Morgan fingerprint density at radius 1 is 1.33 bits per heavy atom. The number of hydrogen-bond donors (Lipinski definition) is 2. The highest BCUT2D eigenvalue weighted by atomic mass is 16.5. The van der Waals surface area contributed by atoms with Gasteiger partial charge in [-0.1, -0.05) is 0 Å². The first kappa shape index (κ1) is 16.4. The summed E-state index contributed by atoms with van der Waals surface area (Å²) in [4.78, 5) is 34.5. The van der Waals surface area contributed by atoms with E-state index < -0.39 is 17.9 Å². The number of ether oxygens (including phenoxy) is 1. The lowest BCUT2D eigenvalue weighted by Gasteiger charge is -2.24. The minimum Gasteiger partial charge on any atom is -0.481 e. The molecule has 7 heteroatoms. The summed E-state index contributed by atoms with van der Waals surface area (Å²) in [5.74, 6) is -1.43. The number of hydrogen-bond acceptors (Lipinski definition) is 4. The molecule has 0 aromatic carbocycles. The number of urea groups is 1. The number of methoxy groups -OCH3 is 1. The summed E-state index contributed by atoms with van der Waals surface area (Å²) in [5, 5.41) is 10.6. The number of rotatable bonds is 7. The molecule has 3 amide bonds. The third kappa shape index (κ3) is 6.85. The van der Waals surface area contributed by atoms with E-state index in [1.807, 2.05) is 0 Å². The third-order valence-electron chi connectivity index (χ3n) is 2.43. The van der Waals surface area contributed by atoms with Crippen LogP contribution in [0.4, 0.5) is 4.79 Å². The molecule has 0 aliphatic carbocycles. The molecule has 0 rings (SSSR count). The lowest BCUT2D eigenvalue weighted by Crippen LogP contribution is -2.46. The highest BCUT2D eigenvalue weighted by Gasteiger charge is 2.17. The standard InChI is InChI=1S/C11H20N2O5/c1-8(7-18-3)13(2)11(17)12-9(14)5-4-6-10(15)16/h8H,4-7H2,1-3H3,(H,15,16)(H,12,14,17). The van der Waals surface area contributed by atoms with Gasteiger partial charge in [-0.05, 0) is 13.3 Å². The molecule has 0 heterocycles. The number of nitrogens with one attached hydrogen (secondary N) is 1. The second-order valence-corrected chi connectivity index (χ2v) is 4.02. The predicted molar refractivity (Wildman–Crippen MR) is 64.1 cm³/mol. The van der Waals surface area contributed by atoms with Crippen molar-refractivity contribution in [3.63, 3.8) is 0 Å². The zero-order chi connectivity index (χ0) is 14.1. The Morgan fingerprint density at radius 2 is 1.94 bits per heavy atom. The molecule has 0 radical (unpaired) electrons. The molecular weight excluding hydrogens is 240 g/mol. The van der Waals surface area contributed by atoms with Gasteiger partial charge < -0.3 is 14.7 Å². The topological polar surface area (TPSA) is 95.9 Å². The Labute approximate surface area is 106 Å². The van der Waals surface area contributed by atoms with Crippen LogP contribution in [-0.2, 0) is 14.3 Å². The van der Waals surface area contributed by atoms with Crippen LogP contribution in [0, 0.1) is 0 Å². The summed E-state index contributed by atoms with van der Waals surface area (Å²) in [6.45, 7) is 2.16. The Hall–Kier alpha value is -1.63. The number of aliphatic carboxylic acids is 1. The predicted octanol–water partition coefficient (Wildman–Crippen LogP) is 0.444. The molecule has 0 saturated heterocycles. The zero-order valence-corrected chi connectivity index (χ0v) is 10.9. The van der Waals surface area contributed by atoms with Crippen molar-refractivity contribution in [1.82, 2.24) is 10.2 Å². The van der Waals surface area contributed by atoms with E-state index in [9.17, 15) is 14.4 Å². The summed E-state index contributed by atoms with van der Waals surface area (Å²) < 4.78 is 4.90. The largest absolute Gasteiger partial charge is 0.481 e. The lowest BCUT2D eigenvalue weighted by atomic mass is 10.2. The van der Waals surface area contributed by atoms with Crippen LogP contribution >= 0.6 is 0 Å². The van der Waals surface area contributed by atoms with Gasteiger partial charge >= 0.3 is 12.0 Å². The van der Waals surface area contributed by atoms with Gasteiger partial charge in [0.1, 0.15) is 0 Å². The van der Waals surface area contributed by atoms with Crippen molar-refractivity contribution < 1.29 is 24.2 Å². The second-order valence-electron chi connectivity index (χ2n) is 4.02. The molecule has 0 aromatic heterocycles. The van der Waals surface area contributed by atoms with Crippen molar-refractivity contribution in [2.24, 2.45) is 0 Å². The van der Waals surface area contributed by atoms with Crippen molar-refractivity contribution in [2.45, 2.75) is 32.2 Å². The Morgan fingerprint density at radius 3 is 2.44 bits per heavy atom. The van der Waals surface area contributed by atoms with Crippen molar-refractivity contribution in [1.29, 1.82) is 0 Å². The Kier molecular flexibility index (Phi) is 7.69. The number of carboxylic acid groups (broad SMARTS) is 1. The number of nitrogens with zero attached hydrogens (tertiary/aromatic N) is 1. The monoisotopic (exact) mass is 260 g/mol. The highest BCUT2D eigenvalue weighted by Crippen LogP contribution is 1.99. The van der Waals surface area contributed by atoms with E-state index in [2.05, 4.69) is 5.32 Å². The Balaban J connectivity index is 3.99. The fourth-order valence-electron chi connectivity index (χ4n) is 1.22. The van der Waals surface area contributed by atoms with Crippen LogP contribution in [0.5, 0.6) is 0 Å². The van der Waals surface area contributed by atoms with Crippen LogP contribution in [0.1, 0.15) is 26.2 Å². The summed E-state index contributed by atoms with van der Waals surface area (Å²) in [6, 6.07) is -0.665. The maximum Gasteiger partial charge on any atom is 0.324 e. The number of imide groups is 1. The first-order chi connectivity index (χ1) is 8.38. The third-order valence-corrected chi connectivity index (χ3v) is 2.43. The molecule has 0 aliphatic heterocycles. The molecule has 1 atom stereocenters. The van der Waals surface area contributed by atoms with Crippen molar-refractivity contribution >= 4 is 17.9 Å². The summed E-state index contributed by atoms with van der Waals surface area (Å²) in [7, 11) is 3.09. The lowest BCUT2D eigenvalue weighted by molar-refractivity contribution is -0.137. The normalized spacial score (nSPS) is 11.7. The maximum absolute atomic E-state index is 11.6. The minimum atomic E-state index is -0.958. The van der Waals surface area contributed by atoms with Gasteiger partial charge in [0.05, 0.1) is 12.6 Å². The summed E-state index contributed by atoms with van der Waals surface area (Å²) >= 11 is 0. The molecule has 0 fully saturated rings. The zero-order valence-electron chi connectivity index (χ0n) is 10.9. The number of carbonyl (C=O) groups is 3. The van der Waals surface area contributed by atoms with Gasteiger partial charge in [-0.25, -0.2) is 4.79 Å². The molecule has 0 aliphatic rings. The molecule has 1 unspecified atom stereocenters. The van der Waals surface area contributed by atoms with Crippen molar-refractivity contribution in [2.75, 3.05) is 20.8 Å². The fraction of sp³-hybridized carbons (Fsp3) is 0.727. The van der Waals surface area contributed by atoms with Crippen molar-refractivity contribution in [3.05, 3.63) is 0 Å². The van der Waals surface area contributed by atoms with E-state index in [0.717, 1.165) is 0 Å². The number of carbonyl (C=O) groups excluding carboxylic acids is 2. The SMILES string of the molecule is COCC(C)N(C)C(=O)NC(=O)CCCC(=O)O. The molecule has 7 nitrogen and oxygen atoms in total. The average molecular weight is 260 g/mol. The maximum atomic E-state index is 11.6. The molecule has 0 aromatic rings. The van der Waals surface area contributed by atoms with Crippen LogP contribution in [0.25, 0.3) is 0 Å². The van der Waals surface area contributed by atoms with E-state index in [0.29, 0.717) is 6.61 Å². The summed E-state index contributed by atoms with van der Waals surface area (Å²) in [5.41, 5.74) is 0. The average Bonchev–Trinajstić information content (AvgIpc) is 2.27. The molecule has 2 N–H and O–H groups in total. The van der Waals surface area contributed by atoms with Crippen LogP contribution in [0.3, 0.4) is 0 Å². The van der Waals surface area contributed by atoms with Gasteiger partial charge in [0, 0.05) is 27.0 Å². The number of carboxylic acids is 1. The first-order valence-electron chi connectivity index (χ1n) is 5.65. The number of amides is 3. The van der Waals surface area contributed by atoms with Gasteiger partial charge in [0.25, 0.3) is 0 Å². The van der Waals surface area contributed by atoms with Crippen LogP contribution in [0.2, 0.25) is 0 Å². The molecule has 104 valence electrons. The first-order valence-corrected chi connectivity index (χ1v) is 5.65. The molecular formula is C11H20N2O5. The van der Waals surface area contributed by atoms with Gasteiger partial charge in [0.2, 0.25) is 5.91 Å². The van der Waals surface area contributed by atoms with E-state index in [-0.39, 0.29) is 25.3 Å². The number of likely N-dealkylation sites (N-methyl/N-ethyl adjacent to an activating group) is 1. The second kappa shape index (κ2) is 8.46. The van der Waals surface area contributed by atoms with E-state index in [1.54, 1.807) is 14.0 Å². The van der Waals surface area contributed by atoms with Gasteiger partial charge in [-0.15, -0.1) is 0 Å². The summed E-state index contributed by atoms with van der Waals surface area (Å²) in [6.07, 6.45) is 0.147. The molecule has 0 spiro atoms. The van der Waals surface area contributed by atoms with Gasteiger partial charge in [-0.2, -0.15) is 0 Å². The molecule has 0 saturated carbocycles. The fourth-order valence-corrected chi connectivity index (χ4v) is 1.22. The highest BCUT2D eigenvalue weighted by molar-refractivity contribution is 5.94. The van der Waals surface area contributed by atoms with Gasteiger partial charge in [0.15, 0.2) is 0 Å². The van der Waals surface area contributed by atoms with Crippen LogP contribution in [-0.4, -0.2) is 54.7 Å². The smallest absolute Gasteiger partial charge is 0.324 e.